The minimum atomic E-state index is -0.795. The summed E-state index contributed by atoms with van der Waals surface area (Å²) in [7, 11) is 1.28. The monoisotopic (exact) mass is 307 g/mol. The van der Waals surface area contributed by atoms with Crippen LogP contribution in [-0.2, 0) is 16.0 Å². The number of hydrogen-bond donors (Lipinski definition) is 1. The second-order valence-electron chi connectivity index (χ2n) is 4.35. The topological polar surface area (TPSA) is 68.5 Å². The van der Waals surface area contributed by atoms with E-state index in [-0.39, 0.29) is 10.8 Å². The van der Waals surface area contributed by atoms with Crippen LogP contribution >= 0.6 is 11.6 Å². The van der Waals surface area contributed by atoms with Gasteiger partial charge >= 0.3 is 5.97 Å². The van der Waals surface area contributed by atoms with Crippen molar-refractivity contribution >= 4 is 23.5 Å². The molecule has 5 nitrogen and oxygen atoms in total. The van der Waals surface area contributed by atoms with Crippen molar-refractivity contribution in [1.82, 2.24) is 5.32 Å². The van der Waals surface area contributed by atoms with E-state index in [1.165, 1.54) is 19.4 Å². The summed E-state index contributed by atoms with van der Waals surface area (Å²) in [6.45, 7) is 0. The molecule has 2 aromatic rings. The summed E-state index contributed by atoms with van der Waals surface area (Å²) >= 11 is 5.75. The molecule has 0 bridgehead atoms. The van der Waals surface area contributed by atoms with Crippen molar-refractivity contribution in [2.45, 2.75) is 12.5 Å². The number of furan rings is 1. The zero-order valence-electron chi connectivity index (χ0n) is 11.3. The lowest BCUT2D eigenvalue weighted by Gasteiger charge is -2.16. The highest BCUT2D eigenvalue weighted by atomic mass is 35.5. The van der Waals surface area contributed by atoms with Crippen LogP contribution in [0.15, 0.2) is 47.1 Å². The lowest BCUT2D eigenvalue weighted by Crippen LogP contribution is -2.43. The van der Waals surface area contributed by atoms with Gasteiger partial charge in [-0.05, 0) is 23.2 Å². The van der Waals surface area contributed by atoms with Gasteiger partial charge < -0.3 is 14.5 Å². The van der Waals surface area contributed by atoms with Crippen molar-refractivity contribution < 1.29 is 18.7 Å². The van der Waals surface area contributed by atoms with E-state index >= 15 is 0 Å². The van der Waals surface area contributed by atoms with E-state index in [1.54, 1.807) is 0 Å². The van der Waals surface area contributed by atoms with Crippen LogP contribution in [0.5, 0.6) is 0 Å². The van der Waals surface area contributed by atoms with Crippen molar-refractivity contribution in [3.05, 3.63) is 59.0 Å². The first-order chi connectivity index (χ1) is 10.1. The molecule has 0 saturated heterocycles. The Kier molecular flexibility index (Phi) is 5.00. The molecule has 6 heteroatoms. The minimum Gasteiger partial charge on any atom is -0.467 e. The van der Waals surface area contributed by atoms with E-state index in [9.17, 15) is 9.59 Å². The number of rotatable bonds is 5. The summed E-state index contributed by atoms with van der Waals surface area (Å²) in [4.78, 5) is 23.9. The second-order valence-corrected chi connectivity index (χ2v) is 4.69. The molecule has 21 heavy (non-hydrogen) atoms. The van der Waals surface area contributed by atoms with Gasteiger partial charge in [0.1, 0.15) is 6.04 Å². The van der Waals surface area contributed by atoms with E-state index in [4.69, 9.17) is 20.8 Å². The van der Waals surface area contributed by atoms with E-state index < -0.39 is 17.9 Å². The molecule has 0 aliphatic heterocycles. The van der Waals surface area contributed by atoms with Crippen molar-refractivity contribution in [1.29, 1.82) is 0 Å². The predicted molar refractivity (Wildman–Crippen MR) is 77.1 cm³/mol. The quantitative estimate of drug-likeness (QED) is 0.862. The van der Waals surface area contributed by atoms with E-state index in [2.05, 4.69) is 5.32 Å². The van der Waals surface area contributed by atoms with Crippen LogP contribution in [-0.4, -0.2) is 25.0 Å². The third kappa shape index (κ3) is 3.86. The molecular weight excluding hydrogens is 294 g/mol. The van der Waals surface area contributed by atoms with Gasteiger partial charge in [0.15, 0.2) is 0 Å². The van der Waals surface area contributed by atoms with Crippen LogP contribution in [0.1, 0.15) is 15.9 Å². The van der Waals surface area contributed by atoms with Gasteiger partial charge in [-0.3, -0.25) is 4.79 Å². The summed E-state index contributed by atoms with van der Waals surface area (Å²) < 4.78 is 9.58. The summed E-state index contributed by atoms with van der Waals surface area (Å²) in [5, 5.41) is 2.58. The fourth-order valence-corrected chi connectivity index (χ4v) is 2.08. The molecule has 110 valence electrons. The molecule has 0 aliphatic rings. The Morgan fingerprint density at radius 2 is 2.00 bits per heavy atom. The SMILES string of the molecule is COC(=O)C(Cc1ccccc1)NC(=O)c1ccoc1Cl. The number of nitrogens with one attached hydrogen (secondary N) is 1. The van der Waals surface area contributed by atoms with Crippen molar-refractivity contribution in [3.63, 3.8) is 0 Å². The highest BCUT2D eigenvalue weighted by Gasteiger charge is 2.24. The van der Waals surface area contributed by atoms with E-state index in [0.717, 1.165) is 5.56 Å². The van der Waals surface area contributed by atoms with Gasteiger partial charge in [0.25, 0.3) is 5.91 Å². The number of ether oxygens (including phenoxy) is 1. The van der Waals surface area contributed by atoms with E-state index in [0.29, 0.717) is 6.42 Å². The Morgan fingerprint density at radius 3 is 2.57 bits per heavy atom. The van der Waals surface area contributed by atoms with Gasteiger partial charge in [0.2, 0.25) is 5.22 Å². The maximum Gasteiger partial charge on any atom is 0.328 e. The molecule has 1 unspecified atom stereocenters. The van der Waals surface area contributed by atoms with Crippen LogP contribution in [0.3, 0.4) is 0 Å². The lowest BCUT2D eigenvalue weighted by atomic mass is 10.1. The molecule has 0 spiro atoms. The number of halogens is 1. The zero-order valence-corrected chi connectivity index (χ0v) is 12.1. The highest BCUT2D eigenvalue weighted by molar-refractivity contribution is 6.32. The molecule has 0 fully saturated rings. The number of hydrogen-bond acceptors (Lipinski definition) is 4. The van der Waals surface area contributed by atoms with Gasteiger partial charge in [0, 0.05) is 6.42 Å². The number of methoxy groups -OCH3 is 1. The van der Waals surface area contributed by atoms with Crippen molar-refractivity contribution in [3.8, 4) is 0 Å². The summed E-state index contributed by atoms with van der Waals surface area (Å²) in [6.07, 6.45) is 1.64. The van der Waals surface area contributed by atoms with Crippen LogP contribution in [0.25, 0.3) is 0 Å². The number of carbonyl (C=O) groups is 2. The minimum absolute atomic E-state index is 0.0178. The van der Waals surface area contributed by atoms with Crippen LogP contribution < -0.4 is 5.32 Å². The van der Waals surface area contributed by atoms with Crippen LogP contribution in [0.2, 0.25) is 5.22 Å². The molecule has 1 aromatic heterocycles. The summed E-state index contributed by atoms with van der Waals surface area (Å²) in [5.74, 6) is -1.01. The third-order valence-electron chi connectivity index (χ3n) is 2.94. The van der Waals surface area contributed by atoms with Gasteiger partial charge in [-0.1, -0.05) is 30.3 Å². The fourth-order valence-electron chi connectivity index (χ4n) is 1.88. The predicted octanol–water partition coefficient (Wildman–Crippen LogP) is 2.45. The standard InChI is InChI=1S/C15H14ClNO4/c1-20-15(19)12(9-10-5-3-2-4-6-10)17-14(18)11-7-8-21-13(11)16/h2-8,12H,9H2,1H3,(H,17,18). The van der Waals surface area contributed by atoms with Gasteiger partial charge in [-0.25, -0.2) is 4.79 Å². The number of benzene rings is 1. The second kappa shape index (κ2) is 6.95. The molecule has 0 saturated carbocycles. The molecule has 1 atom stereocenters. The smallest absolute Gasteiger partial charge is 0.328 e. The molecule has 1 N–H and O–H groups in total. The zero-order chi connectivity index (χ0) is 15.2. The third-order valence-corrected chi connectivity index (χ3v) is 3.23. The lowest BCUT2D eigenvalue weighted by molar-refractivity contribution is -0.142. The van der Waals surface area contributed by atoms with Gasteiger partial charge in [-0.2, -0.15) is 0 Å². The Labute approximate surface area is 126 Å². The Morgan fingerprint density at radius 1 is 1.29 bits per heavy atom. The largest absolute Gasteiger partial charge is 0.467 e. The number of carbonyl (C=O) groups excluding carboxylic acids is 2. The van der Waals surface area contributed by atoms with Gasteiger partial charge in [-0.15, -0.1) is 0 Å². The fraction of sp³-hybridized carbons (Fsp3) is 0.200. The molecule has 2 rings (SSSR count). The molecule has 0 radical (unpaired) electrons. The van der Waals surface area contributed by atoms with Crippen molar-refractivity contribution in [2.24, 2.45) is 0 Å². The number of esters is 1. The molecule has 0 aliphatic carbocycles. The van der Waals surface area contributed by atoms with Crippen LogP contribution in [0, 0.1) is 0 Å². The molecule has 1 aromatic carbocycles. The maximum atomic E-state index is 12.1. The van der Waals surface area contributed by atoms with Crippen LogP contribution in [0.4, 0.5) is 0 Å². The first kappa shape index (κ1) is 15.1. The molecule has 1 amide bonds. The molecular formula is C15H14ClNO4. The maximum absolute atomic E-state index is 12.1. The molecule has 1 heterocycles. The first-order valence-corrected chi connectivity index (χ1v) is 6.65. The van der Waals surface area contributed by atoms with Crippen molar-refractivity contribution in [2.75, 3.05) is 7.11 Å². The average molecular weight is 308 g/mol. The highest BCUT2D eigenvalue weighted by Crippen LogP contribution is 2.16. The average Bonchev–Trinajstić information content (AvgIpc) is 2.93. The normalized spacial score (nSPS) is 11.7. The first-order valence-electron chi connectivity index (χ1n) is 6.27. The Balaban J connectivity index is 2.12. The summed E-state index contributed by atoms with van der Waals surface area (Å²) in [5.41, 5.74) is 1.09. The number of amides is 1. The van der Waals surface area contributed by atoms with Gasteiger partial charge in [0.05, 0.1) is 18.9 Å². The summed E-state index contributed by atoms with van der Waals surface area (Å²) in [6, 6.07) is 9.97. The van der Waals surface area contributed by atoms with E-state index in [1.807, 2.05) is 30.3 Å². The Bertz CT molecular complexity index is 624. The Hall–Kier alpha value is -2.27.